The molecule has 0 amide bonds. The molecule has 140 valence electrons. The van der Waals surface area contributed by atoms with Crippen LogP contribution in [-0.4, -0.2) is 74.8 Å². The molecule has 0 spiro atoms. The van der Waals surface area contributed by atoms with Crippen molar-refractivity contribution in [3.63, 3.8) is 0 Å². The zero-order valence-corrected chi connectivity index (χ0v) is 16.1. The van der Waals surface area contributed by atoms with E-state index >= 15 is 0 Å². The summed E-state index contributed by atoms with van der Waals surface area (Å²) in [6.45, 7) is 12.3. The van der Waals surface area contributed by atoms with Gasteiger partial charge >= 0.3 is 0 Å². The lowest BCUT2D eigenvalue weighted by Crippen LogP contribution is -2.47. The van der Waals surface area contributed by atoms with E-state index in [2.05, 4.69) is 34.0 Å². The van der Waals surface area contributed by atoms with E-state index in [1.54, 1.807) is 0 Å². The minimum absolute atomic E-state index is 0.441. The van der Waals surface area contributed by atoms with Crippen LogP contribution in [0.4, 0.5) is 0 Å². The SMILES string of the molecule is CCOC1CCN(C(=NC)NCCCCN2CCC(C)CC2)CC1. The van der Waals surface area contributed by atoms with E-state index < -0.39 is 0 Å². The highest BCUT2D eigenvalue weighted by Crippen LogP contribution is 2.16. The van der Waals surface area contributed by atoms with Crippen LogP contribution in [0, 0.1) is 5.92 Å². The predicted molar refractivity (Wildman–Crippen MR) is 102 cm³/mol. The van der Waals surface area contributed by atoms with Crippen LogP contribution in [-0.2, 0) is 4.74 Å². The minimum atomic E-state index is 0.441. The molecule has 2 saturated heterocycles. The van der Waals surface area contributed by atoms with Gasteiger partial charge in [0.2, 0.25) is 0 Å². The second-order valence-corrected chi connectivity index (χ2v) is 7.35. The number of aliphatic imine (C=N–C) groups is 1. The molecule has 2 aliphatic heterocycles. The molecule has 2 rings (SSSR count). The lowest BCUT2D eigenvalue weighted by atomic mass is 9.99. The van der Waals surface area contributed by atoms with Crippen LogP contribution in [0.2, 0.25) is 0 Å². The number of unbranched alkanes of at least 4 members (excludes halogenated alkanes) is 1. The molecule has 0 radical (unpaired) electrons. The lowest BCUT2D eigenvalue weighted by Gasteiger charge is -2.34. The average molecular weight is 339 g/mol. The topological polar surface area (TPSA) is 40.1 Å². The number of ether oxygens (including phenoxy) is 1. The van der Waals surface area contributed by atoms with Gasteiger partial charge in [0.15, 0.2) is 5.96 Å². The number of hydrogen-bond acceptors (Lipinski definition) is 3. The summed E-state index contributed by atoms with van der Waals surface area (Å²) in [6, 6.07) is 0. The molecule has 0 aromatic heterocycles. The maximum Gasteiger partial charge on any atom is 0.193 e. The van der Waals surface area contributed by atoms with E-state index in [0.717, 1.165) is 51.0 Å². The highest BCUT2D eigenvalue weighted by atomic mass is 16.5. The summed E-state index contributed by atoms with van der Waals surface area (Å²) in [5.74, 6) is 2.00. The van der Waals surface area contributed by atoms with Crippen LogP contribution in [0.3, 0.4) is 0 Å². The van der Waals surface area contributed by atoms with E-state index in [1.165, 1.54) is 45.3 Å². The monoisotopic (exact) mass is 338 g/mol. The maximum absolute atomic E-state index is 5.73. The number of nitrogens with zero attached hydrogens (tertiary/aromatic N) is 3. The van der Waals surface area contributed by atoms with Gasteiger partial charge in [0, 0.05) is 33.3 Å². The van der Waals surface area contributed by atoms with Crippen molar-refractivity contribution in [3.8, 4) is 0 Å². The van der Waals surface area contributed by atoms with Crippen molar-refractivity contribution in [2.75, 3.05) is 52.9 Å². The van der Waals surface area contributed by atoms with E-state index in [4.69, 9.17) is 4.74 Å². The Hall–Kier alpha value is -0.810. The number of hydrogen-bond donors (Lipinski definition) is 1. The molecule has 5 heteroatoms. The Bertz CT molecular complexity index is 358. The first-order valence-corrected chi connectivity index (χ1v) is 10.0. The molecule has 2 aliphatic rings. The molecule has 0 atom stereocenters. The minimum Gasteiger partial charge on any atom is -0.378 e. The highest BCUT2D eigenvalue weighted by molar-refractivity contribution is 5.79. The van der Waals surface area contributed by atoms with E-state index in [0.29, 0.717) is 6.10 Å². The molecule has 0 aliphatic carbocycles. The third-order valence-corrected chi connectivity index (χ3v) is 5.42. The molecule has 0 aromatic rings. The van der Waals surface area contributed by atoms with Gasteiger partial charge in [-0.25, -0.2) is 0 Å². The van der Waals surface area contributed by atoms with Crippen LogP contribution in [0.5, 0.6) is 0 Å². The fourth-order valence-electron chi connectivity index (χ4n) is 3.75. The third kappa shape index (κ3) is 6.60. The first-order valence-electron chi connectivity index (χ1n) is 10.0. The first-order chi connectivity index (χ1) is 11.7. The van der Waals surface area contributed by atoms with Gasteiger partial charge in [-0.2, -0.15) is 0 Å². The van der Waals surface area contributed by atoms with Crippen molar-refractivity contribution in [1.29, 1.82) is 0 Å². The fourth-order valence-corrected chi connectivity index (χ4v) is 3.75. The van der Waals surface area contributed by atoms with Gasteiger partial charge in [-0.05, 0) is 71.0 Å². The van der Waals surface area contributed by atoms with Crippen LogP contribution in [0.25, 0.3) is 0 Å². The van der Waals surface area contributed by atoms with Gasteiger partial charge in [0.25, 0.3) is 0 Å². The molecule has 0 aromatic carbocycles. The first kappa shape index (κ1) is 19.5. The Morgan fingerprint density at radius 3 is 2.42 bits per heavy atom. The summed E-state index contributed by atoms with van der Waals surface area (Å²) in [5, 5.41) is 3.55. The third-order valence-electron chi connectivity index (χ3n) is 5.42. The van der Waals surface area contributed by atoms with Crippen molar-refractivity contribution in [1.82, 2.24) is 15.1 Å². The Labute approximate surface area is 148 Å². The van der Waals surface area contributed by atoms with Gasteiger partial charge in [-0.1, -0.05) is 6.92 Å². The second-order valence-electron chi connectivity index (χ2n) is 7.35. The standard InChI is InChI=1S/C19H38N4O/c1-4-24-18-9-15-23(16-10-18)19(20-3)21-11-5-6-12-22-13-7-17(2)8-14-22/h17-18H,4-16H2,1-3H3,(H,20,21). The van der Waals surface area contributed by atoms with Crippen LogP contribution >= 0.6 is 0 Å². The number of nitrogens with one attached hydrogen (secondary N) is 1. The Morgan fingerprint density at radius 1 is 1.08 bits per heavy atom. The zero-order chi connectivity index (χ0) is 17.2. The second kappa shape index (κ2) is 10.9. The van der Waals surface area contributed by atoms with Gasteiger partial charge in [0.1, 0.15) is 0 Å². The Balaban J connectivity index is 1.55. The van der Waals surface area contributed by atoms with Crippen LogP contribution in [0.1, 0.15) is 52.4 Å². The maximum atomic E-state index is 5.73. The van der Waals surface area contributed by atoms with Crippen molar-refractivity contribution in [2.45, 2.75) is 58.5 Å². The van der Waals surface area contributed by atoms with E-state index in [-0.39, 0.29) is 0 Å². The molecule has 24 heavy (non-hydrogen) atoms. The van der Waals surface area contributed by atoms with Crippen molar-refractivity contribution in [3.05, 3.63) is 0 Å². The molecule has 2 fully saturated rings. The van der Waals surface area contributed by atoms with Crippen LogP contribution < -0.4 is 5.32 Å². The van der Waals surface area contributed by atoms with Gasteiger partial charge in [-0.3, -0.25) is 4.99 Å². The molecule has 0 bridgehead atoms. The number of piperidine rings is 2. The Kier molecular flexibility index (Phi) is 8.89. The fraction of sp³-hybridized carbons (Fsp3) is 0.947. The van der Waals surface area contributed by atoms with Crippen molar-refractivity contribution < 1.29 is 4.74 Å². The largest absolute Gasteiger partial charge is 0.378 e. The van der Waals surface area contributed by atoms with Gasteiger partial charge in [-0.15, -0.1) is 0 Å². The number of rotatable bonds is 7. The lowest BCUT2D eigenvalue weighted by molar-refractivity contribution is 0.0264. The highest BCUT2D eigenvalue weighted by Gasteiger charge is 2.21. The predicted octanol–water partition coefficient (Wildman–Crippen LogP) is 2.57. The van der Waals surface area contributed by atoms with Crippen molar-refractivity contribution >= 4 is 5.96 Å². The van der Waals surface area contributed by atoms with Gasteiger partial charge < -0.3 is 19.9 Å². The van der Waals surface area contributed by atoms with Gasteiger partial charge in [0.05, 0.1) is 6.10 Å². The molecule has 1 N–H and O–H groups in total. The summed E-state index contributed by atoms with van der Waals surface area (Å²) in [5.41, 5.74) is 0. The summed E-state index contributed by atoms with van der Waals surface area (Å²) < 4.78 is 5.73. The Morgan fingerprint density at radius 2 is 1.79 bits per heavy atom. The molecule has 2 heterocycles. The average Bonchev–Trinajstić information content (AvgIpc) is 2.61. The van der Waals surface area contributed by atoms with E-state index in [1.807, 2.05) is 7.05 Å². The van der Waals surface area contributed by atoms with E-state index in [9.17, 15) is 0 Å². The molecular weight excluding hydrogens is 300 g/mol. The molecule has 0 saturated carbocycles. The zero-order valence-electron chi connectivity index (χ0n) is 16.1. The molecule has 5 nitrogen and oxygen atoms in total. The normalized spacial score (nSPS) is 22.1. The summed E-state index contributed by atoms with van der Waals surface area (Å²) in [4.78, 5) is 9.47. The summed E-state index contributed by atoms with van der Waals surface area (Å²) in [7, 11) is 1.89. The molecular formula is C19H38N4O. The number of guanidine groups is 1. The summed E-state index contributed by atoms with van der Waals surface area (Å²) >= 11 is 0. The van der Waals surface area contributed by atoms with Crippen LogP contribution in [0.15, 0.2) is 4.99 Å². The number of likely N-dealkylation sites (tertiary alicyclic amines) is 2. The summed E-state index contributed by atoms with van der Waals surface area (Å²) in [6.07, 6.45) is 7.93. The quantitative estimate of drug-likeness (QED) is 0.440. The molecule has 0 unspecified atom stereocenters. The smallest absolute Gasteiger partial charge is 0.193 e. The van der Waals surface area contributed by atoms with Crippen molar-refractivity contribution in [2.24, 2.45) is 10.9 Å².